The summed E-state index contributed by atoms with van der Waals surface area (Å²) in [5, 5.41) is 17.9. The number of nitriles is 1. The monoisotopic (exact) mass is 858 g/mol. The van der Waals surface area contributed by atoms with E-state index in [1.165, 1.54) is 16.6 Å². The zero-order valence-electron chi connectivity index (χ0n) is 35.1. The van der Waals surface area contributed by atoms with E-state index in [1.54, 1.807) is 71.9 Å². The number of ether oxygens (including phenoxy) is 6. The molecule has 1 fully saturated rings. The first-order valence-corrected chi connectivity index (χ1v) is 21.3. The van der Waals surface area contributed by atoms with Crippen molar-refractivity contribution in [2.24, 2.45) is 17.8 Å². The molecule has 1 aliphatic heterocycles. The van der Waals surface area contributed by atoms with Crippen LogP contribution >= 0.6 is 7.75 Å². The average Bonchev–Trinajstić information content (AvgIpc) is 3.77. The lowest BCUT2D eigenvalue weighted by molar-refractivity contribution is -0.173. The Kier molecular flexibility index (Phi) is 17.0. The summed E-state index contributed by atoms with van der Waals surface area (Å²) in [6, 6.07) is 12.6. The standard InChI is InChI=1S/C40H55N6O13P/c1-9-27(10-2)19-52-38(49)29(18-28-14-12-11-13-15-28)45-60(51,55-23-53-39(50)56-26(7)8)54-20-31-33(57-36(47)24(3)4)34(58-37(48)25(5)6)40(21-41,59-31)32-17-16-30-35(42)43-22-44-46(30)32/h11-17,22,24-27,29,31,33-34H,9-10,18-20,23H2,1-8H3,(H,45,51)(H2,42,43,44)/t29-,31+,33+,34+,40-,60-/m0/s1. The molecule has 2 aromatic heterocycles. The first-order valence-electron chi connectivity index (χ1n) is 19.8. The Morgan fingerprint density at radius 3 is 2.23 bits per heavy atom. The number of rotatable bonds is 21. The fourth-order valence-corrected chi connectivity index (χ4v) is 7.37. The Balaban J connectivity index is 1.78. The van der Waals surface area contributed by atoms with Gasteiger partial charge in [0.1, 0.15) is 30.1 Å². The second-order valence-electron chi connectivity index (χ2n) is 15.0. The van der Waals surface area contributed by atoms with Gasteiger partial charge in [0.15, 0.2) is 18.0 Å². The number of carbonyl (C=O) groups excluding carboxylic acids is 4. The van der Waals surface area contributed by atoms with Crippen LogP contribution < -0.4 is 10.8 Å². The quantitative estimate of drug-likeness (QED) is 0.0588. The van der Waals surface area contributed by atoms with Gasteiger partial charge in [-0.1, -0.05) is 84.7 Å². The maximum atomic E-state index is 14.8. The van der Waals surface area contributed by atoms with E-state index in [-0.39, 0.29) is 36.0 Å². The normalized spacial score (nSPS) is 20.5. The largest absolute Gasteiger partial charge is 0.510 e. The van der Waals surface area contributed by atoms with E-state index in [0.717, 1.165) is 19.2 Å². The fourth-order valence-electron chi connectivity index (χ4n) is 6.04. The number of esters is 3. The number of nitrogens with one attached hydrogen (secondary N) is 1. The maximum Gasteiger partial charge on any atom is 0.510 e. The Hall–Kier alpha value is -5.12. The molecule has 0 unspecified atom stereocenters. The van der Waals surface area contributed by atoms with Gasteiger partial charge in [0.05, 0.1) is 36.8 Å². The predicted octanol–water partition coefficient (Wildman–Crippen LogP) is 5.41. The van der Waals surface area contributed by atoms with Crippen LogP contribution in [0, 0.1) is 29.1 Å². The minimum atomic E-state index is -4.81. The van der Waals surface area contributed by atoms with Crippen LogP contribution in [0.4, 0.5) is 10.6 Å². The van der Waals surface area contributed by atoms with Crippen molar-refractivity contribution >= 4 is 43.1 Å². The van der Waals surface area contributed by atoms with E-state index in [2.05, 4.69) is 21.2 Å². The first kappa shape index (κ1) is 47.6. The van der Waals surface area contributed by atoms with Crippen LogP contribution in [-0.4, -0.2) is 89.1 Å². The van der Waals surface area contributed by atoms with Gasteiger partial charge in [0.2, 0.25) is 12.4 Å². The van der Waals surface area contributed by atoms with Gasteiger partial charge < -0.3 is 34.2 Å². The summed E-state index contributed by atoms with van der Waals surface area (Å²) in [5.74, 6) is -3.56. The third-order valence-electron chi connectivity index (χ3n) is 9.51. The third-order valence-corrected chi connectivity index (χ3v) is 11.1. The number of hydrogen-bond donors (Lipinski definition) is 2. The van der Waals surface area contributed by atoms with E-state index in [0.29, 0.717) is 5.56 Å². The lowest BCUT2D eigenvalue weighted by Gasteiger charge is -2.29. The van der Waals surface area contributed by atoms with Crippen LogP contribution in [0.2, 0.25) is 0 Å². The highest BCUT2D eigenvalue weighted by Crippen LogP contribution is 2.48. The Bertz CT molecular complexity index is 2020. The number of carbonyl (C=O) groups is 4. The fraction of sp³-hybridized carbons (Fsp3) is 0.575. The minimum absolute atomic E-state index is 0.0292. The third kappa shape index (κ3) is 12.0. The minimum Gasteiger partial charge on any atom is -0.464 e. The van der Waals surface area contributed by atoms with Gasteiger partial charge >= 0.3 is 31.8 Å². The van der Waals surface area contributed by atoms with Crippen molar-refractivity contribution in [2.45, 2.75) is 111 Å². The van der Waals surface area contributed by atoms with Gasteiger partial charge in [-0.15, -0.1) is 0 Å². The molecule has 1 saturated heterocycles. The summed E-state index contributed by atoms with van der Waals surface area (Å²) < 4.78 is 61.6. The SMILES string of the molecule is CCC(CC)COC(=O)[C@H](Cc1ccccc1)N[P@@](=O)(OCOC(=O)OC(C)C)OC[C@H]1O[C@@](C#N)(c2ccc3c(N)ncnn23)[C@H](OC(=O)C(C)C)[C@@H]1OC(=O)C(C)C. The van der Waals surface area contributed by atoms with Crippen molar-refractivity contribution in [1.29, 1.82) is 5.26 Å². The predicted molar refractivity (Wildman–Crippen MR) is 213 cm³/mol. The van der Waals surface area contributed by atoms with Crippen molar-refractivity contribution in [3.63, 3.8) is 0 Å². The second-order valence-corrected chi connectivity index (χ2v) is 16.8. The molecular weight excluding hydrogens is 803 g/mol. The van der Waals surface area contributed by atoms with Crippen LogP contribution in [0.25, 0.3) is 5.52 Å². The van der Waals surface area contributed by atoms with E-state index >= 15 is 0 Å². The molecule has 0 aliphatic carbocycles. The molecule has 6 atom stereocenters. The molecule has 20 heteroatoms. The van der Waals surface area contributed by atoms with Gasteiger partial charge in [-0.2, -0.15) is 10.4 Å². The van der Waals surface area contributed by atoms with Crippen molar-refractivity contribution in [2.75, 3.05) is 25.7 Å². The number of hydrogen-bond acceptors (Lipinski definition) is 17. The molecule has 0 saturated carbocycles. The summed E-state index contributed by atoms with van der Waals surface area (Å²) in [6.45, 7) is 11.7. The topological polar surface area (TPSA) is 251 Å². The van der Waals surface area contributed by atoms with Crippen LogP contribution in [0.1, 0.15) is 79.5 Å². The van der Waals surface area contributed by atoms with Crippen molar-refractivity contribution in [1.82, 2.24) is 19.7 Å². The smallest absolute Gasteiger partial charge is 0.464 e. The van der Waals surface area contributed by atoms with Gasteiger partial charge in [-0.25, -0.2) is 23.9 Å². The van der Waals surface area contributed by atoms with Crippen molar-refractivity contribution in [3.05, 3.63) is 60.0 Å². The van der Waals surface area contributed by atoms with E-state index in [4.69, 9.17) is 43.2 Å². The Labute approximate surface area is 349 Å². The summed E-state index contributed by atoms with van der Waals surface area (Å²) >= 11 is 0. The molecule has 0 amide bonds. The Morgan fingerprint density at radius 2 is 1.62 bits per heavy atom. The van der Waals surface area contributed by atoms with Gasteiger partial charge in [0.25, 0.3) is 0 Å². The molecule has 0 radical (unpaired) electrons. The number of benzene rings is 1. The highest BCUT2D eigenvalue weighted by Gasteiger charge is 2.63. The van der Waals surface area contributed by atoms with Crippen LogP contribution in [0.3, 0.4) is 0 Å². The second kappa shape index (κ2) is 21.4. The van der Waals surface area contributed by atoms with Gasteiger partial charge in [-0.05, 0) is 43.9 Å². The van der Waals surface area contributed by atoms with E-state index in [9.17, 15) is 29.0 Å². The lowest BCUT2D eigenvalue weighted by atomic mass is 9.92. The first-order chi connectivity index (χ1) is 28.5. The molecular formula is C40H55N6O13P. The van der Waals surface area contributed by atoms with Crippen molar-refractivity contribution in [3.8, 4) is 6.07 Å². The zero-order chi connectivity index (χ0) is 44.2. The summed E-state index contributed by atoms with van der Waals surface area (Å²) in [4.78, 5) is 56.6. The number of nitrogens with zero attached hydrogens (tertiary/aromatic N) is 4. The number of fused-ring (bicyclic) bond motifs is 1. The molecule has 3 heterocycles. The van der Waals surface area contributed by atoms with Crippen molar-refractivity contribution < 1.29 is 61.2 Å². The molecule has 3 N–H and O–H groups in total. The molecule has 3 aromatic rings. The lowest BCUT2D eigenvalue weighted by Crippen LogP contribution is -2.47. The van der Waals surface area contributed by atoms with E-state index < -0.39 is 93.1 Å². The van der Waals surface area contributed by atoms with E-state index in [1.807, 2.05) is 13.8 Å². The molecule has 60 heavy (non-hydrogen) atoms. The van der Waals surface area contributed by atoms with Gasteiger partial charge in [-0.3, -0.25) is 23.4 Å². The Morgan fingerprint density at radius 1 is 0.950 bits per heavy atom. The highest BCUT2D eigenvalue weighted by molar-refractivity contribution is 7.51. The van der Waals surface area contributed by atoms with Crippen LogP contribution in [0.5, 0.6) is 0 Å². The number of aromatic nitrogens is 3. The zero-order valence-corrected chi connectivity index (χ0v) is 36.0. The molecule has 0 bridgehead atoms. The molecule has 4 rings (SSSR count). The molecule has 1 aromatic carbocycles. The molecule has 0 spiro atoms. The summed E-state index contributed by atoms with van der Waals surface area (Å²) in [5.41, 5.74) is 4.83. The van der Waals surface area contributed by atoms with Crippen LogP contribution in [0.15, 0.2) is 48.8 Å². The molecule has 328 valence electrons. The number of anilines is 1. The maximum absolute atomic E-state index is 14.8. The number of nitrogen functional groups attached to an aromatic ring is 1. The average molecular weight is 859 g/mol. The summed E-state index contributed by atoms with van der Waals surface area (Å²) in [6.07, 6.45) is -3.83. The van der Waals surface area contributed by atoms with Crippen LogP contribution in [-0.2, 0) is 68.4 Å². The molecule has 1 aliphatic rings. The highest BCUT2D eigenvalue weighted by atomic mass is 31.2. The number of nitrogens with two attached hydrogens (primary N) is 1. The molecule has 19 nitrogen and oxygen atoms in total. The summed E-state index contributed by atoms with van der Waals surface area (Å²) in [7, 11) is -4.81. The van der Waals surface area contributed by atoms with Gasteiger partial charge in [0, 0.05) is 0 Å².